The molecule has 9 aromatic carbocycles. The standard InChI is InChI=1S/C53H33NO2/c1-2-13-34(14-3-1)35-17-12-18-38(29-35)54(39-26-28-50-44(32-39)42-19-6-9-22-49(42)55-50)40-25-27-41-43-30-36-15-4-5-16-37(36)31-47(43)53(48(41)33-40)45-20-7-10-23-51(45)56-52-24-11-8-21-46(52)53/h1-33H. The molecule has 56 heavy (non-hydrogen) atoms. The molecule has 1 aliphatic carbocycles. The van der Waals surface area contributed by atoms with Gasteiger partial charge in [-0.1, -0.05) is 127 Å². The Bertz CT molecular complexity index is 3150. The van der Waals surface area contributed by atoms with E-state index in [2.05, 4.69) is 193 Å². The Labute approximate surface area is 324 Å². The van der Waals surface area contributed by atoms with Crippen molar-refractivity contribution >= 4 is 49.8 Å². The summed E-state index contributed by atoms with van der Waals surface area (Å²) in [7, 11) is 0. The molecular formula is C53H33NO2. The number of benzene rings is 9. The van der Waals surface area contributed by atoms with Crippen LogP contribution in [0.1, 0.15) is 22.3 Å². The fourth-order valence-corrected chi connectivity index (χ4v) is 9.47. The van der Waals surface area contributed by atoms with Gasteiger partial charge in [0.25, 0.3) is 0 Å². The maximum atomic E-state index is 6.70. The highest BCUT2D eigenvalue weighted by molar-refractivity contribution is 6.07. The number of hydrogen-bond acceptors (Lipinski definition) is 3. The summed E-state index contributed by atoms with van der Waals surface area (Å²) in [5.41, 5.74) is 14.0. The van der Waals surface area contributed by atoms with Gasteiger partial charge in [-0.25, -0.2) is 0 Å². The molecule has 0 saturated carbocycles. The van der Waals surface area contributed by atoms with Crippen LogP contribution < -0.4 is 9.64 Å². The first-order chi connectivity index (χ1) is 27.7. The van der Waals surface area contributed by atoms with E-state index >= 15 is 0 Å². The Kier molecular flexibility index (Phi) is 6.55. The molecule has 2 heterocycles. The molecule has 0 fully saturated rings. The van der Waals surface area contributed by atoms with Gasteiger partial charge in [-0.15, -0.1) is 0 Å². The first-order valence-electron chi connectivity index (χ1n) is 19.2. The van der Waals surface area contributed by atoms with Crippen molar-refractivity contribution in [1.82, 2.24) is 0 Å². The molecule has 10 aromatic rings. The summed E-state index contributed by atoms with van der Waals surface area (Å²) in [6.07, 6.45) is 0. The molecule has 262 valence electrons. The molecule has 0 radical (unpaired) electrons. The van der Waals surface area contributed by atoms with E-state index in [1.807, 2.05) is 12.1 Å². The van der Waals surface area contributed by atoms with Gasteiger partial charge in [0.2, 0.25) is 0 Å². The van der Waals surface area contributed by atoms with Gasteiger partial charge in [0.15, 0.2) is 0 Å². The average molecular weight is 716 g/mol. The number of fused-ring (bicyclic) bond motifs is 13. The van der Waals surface area contributed by atoms with E-state index in [9.17, 15) is 0 Å². The lowest BCUT2D eigenvalue weighted by molar-refractivity contribution is 0.436. The number of nitrogens with zero attached hydrogens (tertiary/aromatic N) is 1. The fraction of sp³-hybridized carbons (Fsp3) is 0.0189. The summed E-state index contributed by atoms with van der Waals surface area (Å²) in [4.78, 5) is 2.40. The third kappa shape index (κ3) is 4.40. The highest BCUT2D eigenvalue weighted by Gasteiger charge is 2.51. The van der Waals surface area contributed by atoms with E-state index in [1.165, 1.54) is 38.6 Å². The normalized spacial score (nSPS) is 13.3. The minimum absolute atomic E-state index is 0.613. The molecule has 3 nitrogen and oxygen atoms in total. The summed E-state index contributed by atoms with van der Waals surface area (Å²) in [5, 5.41) is 4.64. The zero-order chi connectivity index (χ0) is 36.8. The van der Waals surface area contributed by atoms with Gasteiger partial charge in [0.1, 0.15) is 22.7 Å². The van der Waals surface area contributed by atoms with Crippen LogP contribution >= 0.6 is 0 Å². The van der Waals surface area contributed by atoms with E-state index in [0.717, 1.165) is 67.2 Å². The van der Waals surface area contributed by atoms with Gasteiger partial charge < -0.3 is 14.1 Å². The lowest BCUT2D eigenvalue weighted by Crippen LogP contribution is -2.32. The van der Waals surface area contributed by atoms with Crippen LogP contribution in [0.5, 0.6) is 11.5 Å². The van der Waals surface area contributed by atoms with E-state index in [0.29, 0.717) is 0 Å². The van der Waals surface area contributed by atoms with Gasteiger partial charge >= 0.3 is 0 Å². The first kappa shape index (κ1) is 31.0. The van der Waals surface area contributed by atoms with Crippen LogP contribution in [-0.2, 0) is 5.41 Å². The van der Waals surface area contributed by atoms with Gasteiger partial charge in [-0.05, 0) is 117 Å². The van der Waals surface area contributed by atoms with Crippen LogP contribution in [0.3, 0.4) is 0 Å². The van der Waals surface area contributed by atoms with Crippen molar-refractivity contribution in [3.05, 3.63) is 222 Å². The van der Waals surface area contributed by atoms with Crippen molar-refractivity contribution in [3.63, 3.8) is 0 Å². The topological polar surface area (TPSA) is 25.6 Å². The van der Waals surface area contributed by atoms with Gasteiger partial charge in [0.05, 0.1) is 5.41 Å². The molecule has 0 amide bonds. The minimum Gasteiger partial charge on any atom is -0.457 e. The lowest BCUT2D eigenvalue weighted by atomic mass is 9.66. The molecular weight excluding hydrogens is 683 g/mol. The molecule has 12 rings (SSSR count). The molecule has 0 atom stereocenters. The SMILES string of the molecule is c1ccc(-c2cccc(N(c3ccc4c(c3)C3(c5ccccc5Oc5ccccc53)c3cc5ccccc5cc3-4)c3ccc4oc5ccccc5c4c3)c2)cc1. The molecule has 3 heteroatoms. The molecule has 0 bridgehead atoms. The monoisotopic (exact) mass is 715 g/mol. The van der Waals surface area contributed by atoms with Crippen molar-refractivity contribution in [2.75, 3.05) is 4.90 Å². The predicted molar refractivity (Wildman–Crippen MR) is 229 cm³/mol. The smallest absolute Gasteiger partial charge is 0.135 e. The van der Waals surface area contributed by atoms with E-state index < -0.39 is 5.41 Å². The van der Waals surface area contributed by atoms with Crippen molar-refractivity contribution < 1.29 is 9.15 Å². The second kappa shape index (κ2) is 11.8. The summed E-state index contributed by atoms with van der Waals surface area (Å²) < 4.78 is 13.0. The summed E-state index contributed by atoms with van der Waals surface area (Å²) in [5.74, 6) is 1.77. The highest BCUT2D eigenvalue weighted by atomic mass is 16.5. The number of hydrogen-bond donors (Lipinski definition) is 0. The Morgan fingerprint density at radius 2 is 0.964 bits per heavy atom. The molecule has 1 spiro atoms. The number of ether oxygens (including phenoxy) is 1. The van der Waals surface area contributed by atoms with Crippen molar-refractivity contribution in [1.29, 1.82) is 0 Å². The van der Waals surface area contributed by atoms with Crippen LogP contribution in [0.15, 0.2) is 205 Å². The van der Waals surface area contributed by atoms with Crippen LogP contribution in [0, 0.1) is 0 Å². The molecule has 1 aromatic heterocycles. The van der Waals surface area contributed by atoms with Crippen LogP contribution in [0.25, 0.3) is 55.0 Å². The summed E-state index contributed by atoms with van der Waals surface area (Å²) in [6, 6.07) is 72.1. The summed E-state index contributed by atoms with van der Waals surface area (Å²) >= 11 is 0. The molecule has 0 N–H and O–H groups in total. The van der Waals surface area contributed by atoms with Crippen molar-refractivity contribution in [2.24, 2.45) is 0 Å². The number of para-hydroxylation sites is 3. The Morgan fingerprint density at radius 1 is 0.357 bits per heavy atom. The van der Waals surface area contributed by atoms with E-state index in [4.69, 9.17) is 9.15 Å². The average Bonchev–Trinajstić information content (AvgIpc) is 3.76. The quantitative estimate of drug-likeness (QED) is 0.181. The van der Waals surface area contributed by atoms with Crippen LogP contribution in [0.4, 0.5) is 17.1 Å². The van der Waals surface area contributed by atoms with Gasteiger partial charge in [0, 0.05) is 39.0 Å². The maximum absolute atomic E-state index is 6.70. The second-order valence-corrected chi connectivity index (χ2v) is 14.8. The number of anilines is 3. The number of rotatable bonds is 4. The predicted octanol–water partition coefficient (Wildman–Crippen LogP) is 14.3. The largest absolute Gasteiger partial charge is 0.457 e. The highest BCUT2D eigenvalue weighted by Crippen LogP contribution is 2.63. The van der Waals surface area contributed by atoms with Gasteiger partial charge in [-0.3, -0.25) is 0 Å². The third-order valence-electron chi connectivity index (χ3n) is 11.9. The van der Waals surface area contributed by atoms with E-state index in [1.54, 1.807) is 0 Å². The Balaban J connectivity index is 1.16. The maximum Gasteiger partial charge on any atom is 0.135 e. The van der Waals surface area contributed by atoms with Crippen molar-refractivity contribution in [2.45, 2.75) is 5.41 Å². The minimum atomic E-state index is -0.613. The fourth-order valence-electron chi connectivity index (χ4n) is 9.47. The van der Waals surface area contributed by atoms with Gasteiger partial charge in [-0.2, -0.15) is 0 Å². The molecule has 0 unspecified atom stereocenters. The van der Waals surface area contributed by atoms with Crippen molar-refractivity contribution in [3.8, 4) is 33.8 Å². The second-order valence-electron chi connectivity index (χ2n) is 14.8. The summed E-state index contributed by atoms with van der Waals surface area (Å²) in [6.45, 7) is 0. The number of furan rings is 1. The zero-order valence-electron chi connectivity index (χ0n) is 30.3. The Hall–Kier alpha value is -7.36. The molecule has 0 saturated heterocycles. The van der Waals surface area contributed by atoms with E-state index in [-0.39, 0.29) is 0 Å². The van der Waals surface area contributed by atoms with Crippen LogP contribution in [0.2, 0.25) is 0 Å². The zero-order valence-corrected chi connectivity index (χ0v) is 30.3. The van der Waals surface area contributed by atoms with Crippen LogP contribution in [-0.4, -0.2) is 0 Å². The first-order valence-corrected chi connectivity index (χ1v) is 19.2. The Morgan fingerprint density at radius 3 is 1.79 bits per heavy atom. The molecule has 2 aliphatic rings. The third-order valence-corrected chi connectivity index (χ3v) is 11.9. The molecule has 1 aliphatic heterocycles. The lowest BCUT2D eigenvalue weighted by Gasteiger charge is -2.39.